The zero-order valence-corrected chi connectivity index (χ0v) is 21.2. The summed E-state index contributed by atoms with van der Waals surface area (Å²) in [5, 5.41) is 7.93. The fourth-order valence-corrected chi connectivity index (χ4v) is 4.52. The smallest absolute Gasteiger partial charge is 0.362 e. The highest BCUT2D eigenvalue weighted by Gasteiger charge is 2.37. The van der Waals surface area contributed by atoms with Crippen LogP contribution >= 0.6 is 0 Å². The van der Waals surface area contributed by atoms with Gasteiger partial charge in [-0.2, -0.15) is 26.3 Å². The molecule has 0 spiro atoms. The summed E-state index contributed by atoms with van der Waals surface area (Å²) in [4.78, 5) is 27.1. The number of rotatable bonds is 5. The number of amides is 2. The molecule has 5 nitrogen and oxygen atoms in total. The van der Waals surface area contributed by atoms with Gasteiger partial charge in [0, 0.05) is 39.8 Å². The van der Waals surface area contributed by atoms with Crippen molar-refractivity contribution in [3.8, 4) is 0 Å². The standard InChI is InChI=1S/C29H23F6N3O2/c1-16-23(26(39)37-21-12-6-10-19(14-21)28(30,31)32)25(18-8-4-3-5-9-18)24(17(2)36-16)27(40)38-22-13-7-11-20(15-22)29(33,34)35/h3-15,25,36H,1-2H3,(H,37,39)(H,38,40). The Morgan fingerprint density at radius 1 is 0.650 bits per heavy atom. The number of nitrogens with one attached hydrogen (secondary N) is 3. The largest absolute Gasteiger partial charge is 0.416 e. The molecule has 2 amide bonds. The minimum atomic E-state index is -4.62. The number of hydrogen-bond donors (Lipinski definition) is 3. The molecule has 40 heavy (non-hydrogen) atoms. The fourth-order valence-electron chi connectivity index (χ4n) is 4.52. The first-order chi connectivity index (χ1) is 18.8. The minimum Gasteiger partial charge on any atom is -0.362 e. The van der Waals surface area contributed by atoms with Crippen molar-refractivity contribution < 1.29 is 35.9 Å². The number of anilines is 2. The van der Waals surface area contributed by atoms with E-state index in [0.29, 0.717) is 17.0 Å². The number of dihydropyridines is 1. The van der Waals surface area contributed by atoms with Crippen LogP contribution in [0.15, 0.2) is 101 Å². The maximum absolute atomic E-state index is 13.5. The second kappa shape index (κ2) is 10.9. The van der Waals surface area contributed by atoms with Crippen LogP contribution in [0.5, 0.6) is 0 Å². The zero-order valence-electron chi connectivity index (χ0n) is 21.2. The van der Waals surface area contributed by atoms with Crippen molar-refractivity contribution in [2.75, 3.05) is 10.6 Å². The molecule has 0 saturated carbocycles. The summed E-state index contributed by atoms with van der Waals surface area (Å²) in [6.07, 6.45) is -9.24. The van der Waals surface area contributed by atoms with E-state index in [1.165, 1.54) is 12.1 Å². The molecule has 0 aliphatic carbocycles. The van der Waals surface area contributed by atoms with Crippen LogP contribution in [0.4, 0.5) is 37.7 Å². The molecule has 0 radical (unpaired) electrons. The third kappa shape index (κ3) is 6.19. The number of carbonyl (C=O) groups is 2. The van der Waals surface area contributed by atoms with E-state index < -0.39 is 41.2 Å². The van der Waals surface area contributed by atoms with E-state index in [-0.39, 0.29) is 22.5 Å². The van der Waals surface area contributed by atoms with Gasteiger partial charge in [0.15, 0.2) is 0 Å². The molecule has 4 rings (SSSR count). The first-order valence-corrected chi connectivity index (χ1v) is 12.0. The number of halogens is 6. The molecule has 3 N–H and O–H groups in total. The summed E-state index contributed by atoms with van der Waals surface area (Å²) in [5.41, 5.74) is -0.763. The Kier molecular flexibility index (Phi) is 7.77. The number of alkyl halides is 6. The molecule has 0 unspecified atom stereocenters. The van der Waals surface area contributed by atoms with Crippen LogP contribution < -0.4 is 16.0 Å². The van der Waals surface area contributed by atoms with Gasteiger partial charge in [0.1, 0.15) is 0 Å². The lowest BCUT2D eigenvalue weighted by molar-refractivity contribution is -0.138. The molecule has 1 aliphatic heterocycles. The van der Waals surface area contributed by atoms with E-state index in [2.05, 4.69) is 16.0 Å². The third-order valence-corrected chi connectivity index (χ3v) is 6.28. The molecule has 1 aliphatic rings. The van der Waals surface area contributed by atoms with Gasteiger partial charge in [0.2, 0.25) is 0 Å². The Bertz CT molecular complexity index is 1410. The lowest BCUT2D eigenvalue weighted by Crippen LogP contribution is -2.35. The normalized spacial score (nSPS) is 14.6. The van der Waals surface area contributed by atoms with Crippen LogP contribution in [-0.2, 0) is 21.9 Å². The van der Waals surface area contributed by atoms with E-state index in [0.717, 1.165) is 36.4 Å². The SMILES string of the molecule is CC1=C(C(=O)Nc2cccc(C(F)(F)F)c2)C(c2ccccc2)C(C(=O)Nc2cccc(C(F)(F)F)c2)=C(C)N1. The number of benzene rings is 3. The topological polar surface area (TPSA) is 70.2 Å². The summed E-state index contributed by atoms with van der Waals surface area (Å²) in [6, 6.07) is 16.7. The van der Waals surface area contributed by atoms with Gasteiger partial charge < -0.3 is 16.0 Å². The van der Waals surface area contributed by atoms with Gasteiger partial charge in [-0.15, -0.1) is 0 Å². The number of hydrogen-bond acceptors (Lipinski definition) is 3. The monoisotopic (exact) mass is 559 g/mol. The Morgan fingerprint density at radius 2 is 1.07 bits per heavy atom. The van der Waals surface area contributed by atoms with Crippen molar-refractivity contribution in [3.63, 3.8) is 0 Å². The number of carbonyl (C=O) groups excluding carboxylic acids is 2. The fraction of sp³-hybridized carbons (Fsp3) is 0.172. The van der Waals surface area contributed by atoms with E-state index in [1.807, 2.05) is 0 Å². The van der Waals surface area contributed by atoms with E-state index >= 15 is 0 Å². The average molecular weight is 560 g/mol. The molecule has 208 valence electrons. The summed E-state index contributed by atoms with van der Waals surface area (Å²) < 4.78 is 79.3. The molecular formula is C29H23F6N3O2. The zero-order chi connectivity index (χ0) is 29.2. The first kappa shape index (κ1) is 28.5. The predicted octanol–water partition coefficient (Wildman–Crippen LogP) is 7.24. The van der Waals surface area contributed by atoms with Crippen molar-refractivity contribution >= 4 is 23.2 Å². The van der Waals surface area contributed by atoms with Gasteiger partial charge >= 0.3 is 12.4 Å². The van der Waals surface area contributed by atoms with Crippen molar-refractivity contribution in [3.05, 3.63) is 118 Å². The number of allylic oxidation sites excluding steroid dienone is 2. The van der Waals surface area contributed by atoms with Gasteiger partial charge in [-0.1, -0.05) is 42.5 Å². The van der Waals surface area contributed by atoms with Gasteiger partial charge in [-0.25, -0.2) is 0 Å². The molecule has 0 saturated heterocycles. The maximum atomic E-state index is 13.5. The van der Waals surface area contributed by atoms with Crippen molar-refractivity contribution in [2.24, 2.45) is 0 Å². The van der Waals surface area contributed by atoms with E-state index in [9.17, 15) is 35.9 Å². The average Bonchev–Trinajstić information content (AvgIpc) is 2.88. The molecule has 0 aromatic heterocycles. The summed E-state index contributed by atoms with van der Waals surface area (Å²) >= 11 is 0. The van der Waals surface area contributed by atoms with Crippen LogP contribution in [0.2, 0.25) is 0 Å². The predicted molar refractivity (Wildman–Crippen MR) is 138 cm³/mol. The highest BCUT2D eigenvalue weighted by Crippen LogP contribution is 2.40. The summed E-state index contributed by atoms with van der Waals surface area (Å²) in [5.74, 6) is -2.50. The van der Waals surface area contributed by atoms with Crippen molar-refractivity contribution in [1.82, 2.24) is 5.32 Å². The second-order valence-electron chi connectivity index (χ2n) is 9.11. The second-order valence-corrected chi connectivity index (χ2v) is 9.11. The molecule has 3 aromatic carbocycles. The maximum Gasteiger partial charge on any atom is 0.416 e. The van der Waals surface area contributed by atoms with Crippen LogP contribution in [0.3, 0.4) is 0 Å². The highest BCUT2D eigenvalue weighted by atomic mass is 19.4. The molecular weight excluding hydrogens is 536 g/mol. The van der Waals surface area contributed by atoms with Gasteiger partial charge in [-0.3, -0.25) is 9.59 Å². The summed E-state index contributed by atoms with van der Waals surface area (Å²) in [6.45, 7) is 3.17. The Morgan fingerprint density at radius 3 is 1.48 bits per heavy atom. The molecule has 0 fully saturated rings. The van der Waals surface area contributed by atoms with Gasteiger partial charge in [-0.05, 0) is 55.8 Å². The molecule has 0 atom stereocenters. The van der Waals surface area contributed by atoms with Gasteiger partial charge in [0.05, 0.1) is 11.1 Å². The summed E-state index contributed by atoms with van der Waals surface area (Å²) in [7, 11) is 0. The molecule has 1 heterocycles. The first-order valence-electron chi connectivity index (χ1n) is 12.0. The van der Waals surface area contributed by atoms with Crippen LogP contribution in [0, 0.1) is 0 Å². The highest BCUT2D eigenvalue weighted by molar-refractivity contribution is 6.11. The van der Waals surface area contributed by atoms with Crippen molar-refractivity contribution in [2.45, 2.75) is 32.1 Å². The van der Waals surface area contributed by atoms with Crippen LogP contribution in [-0.4, -0.2) is 11.8 Å². The van der Waals surface area contributed by atoms with Gasteiger partial charge in [0.25, 0.3) is 11.8 Å². The lowest BCUT2D eigenvalue weighted by Gasteiger charge is -2.31. The Labute approximate surface area is 225 Å². The van der Waals surface area contributed by atoms with Crippen LogP contribution in [0.1, 0.15) is 36.5 Å². The van der Waals surface area contributed by atoms with E-state index in [1.54, 1.807) is 44.2 Å². The minimum absolute atomic E-state index is 0.0587. The molecule has 11 heteroatoms. The third-order valence-electron chi connectivity index (χ3n) is 6.28. The molecule has 3 aromatic rings. The van der Waals surface area contributed by atoms with E-state index in [4.69, 9.17) is 0 Å². The quantitative estimate of drug-likeness (QED) is 0.289. The lowest BCUT2D eigenvalue weighted by atomic mass is 9.79. The van der Waals surface area contributed by atoms with Crippen LogP contribution in [0.25, 0.3) is 0 Å². The molecule has 0 bridgehead atoms. The Hall–Kier alpha value is -4.54. The van der Waals surface area contributed by atoms with Crippen molar-refractivity contribution in [1.29, 1.82) is 0 Å². The Balaban J connectivity index is 1.72.